The minimum absolute atomic E-state index is 0.585. The van der Waals surface area contributed by atoms with Crippen molar-refractivity contribution in [1.82, 2.24) is 13.7 Å². The summed E-state index contributed by atoms with van der Waals surface area (Å²) in [6.07, 6.45) is 0. The molecule has 0 N–H and O–H groups in total. The van der Waals surface area contributed by atoms with Gasteiger partial charge in [0, 0.05) is 49.1 Å². The molecule has 0 aliphatic carbocycles. The largest absolute Gasteiger partial charge is 0.309 e. The van der Waals surface area contributed by atoms with Gasteiger partial charge >= 0.3 is 0 Å². The monoisotopic (exact) mass is 699 g/mol. The first-order valence-electron chi connectivity index (χ1n) is 18.3. The predicted molar refractivity (Wildman–Crippen MR) is 224 cm³/mol. The average molecular weight is 700 g/mol. The molecule has 0 bridgehead atoms. The molecule has 5 nitrogen and oxygen atoms in total. The highest BCUT2D eigenvalue weighted by Gasteiger charge is 2.22. The summed E-state index contributed by atoms with van der Waals surface area (Å²) in [5, 5.41) is 26.9. The Kier molecular flexibility index (Phi) is 6.61. The van der Waals surface area contributed by atoms with Gasteiger partial charge in [0.1, 0.15) is 0 Å². The molecule has 55 heavy (non-hydrogen) atoms. The summed E-state index contributed by atoms with van der Waals surface area (Å²) in [6, 6.07) is 66.0. The molecule has 0 fully saturated rings. The highest BCUT2D eigenvalue weighted by molar-refractivity contribution is 6.13. The number of rotatable bonds is 4. The van der Waals surface area contributed by atoms with E-state index in [1.165, 1.54) is 10.8 Å². The fourth-order valence-electron chi connectivity index (χ4n) is 8.77. The summed E-state index contributed by atoms with van der Waals surface area (Å²) in [6.45, 7) is 0. The first-order valence-corrected chi connectivity index (χ1v) is 18.3. The van der Waals surface area contributed by atoms with Gasteiger partial charge in [-0.2, -0.15) is 10.5 Å². The summed E-state index contributed by atoms with van der Waals surface area (Å²) in [4.78, 5) is 0. The topological polar surface area (TPSA) is 62.4 Å². The lowest BCUT2D eigenvalue weighted by molar-refractivity contribution is 1.15. The Morgan fingerprint density at radius 2 is 0.764 bits per heavy atom. The van der Waals surface area contributed by atoms with Crippen LogP contribution >= 0.6 is 0 Å². The maximum Gasteiger partial charge on any atom is 0.0992 e. The number of hydrogen-bond donors (Lipinski definition) is 0. The summed E-state index contributed by atoms with van der Waals surface area (Å²) < 4.78 is 6.99. The number of nitrogens with zero attached hydrogens (tertiary/aromatic N) is 5. The molecular weight excluding hydrogens is 671 g/mol. The van der Waals surface area contributed by atoms with Crippen LogP contribution in [0.25, 0.3) is 93.6 Å². The molecule has 8 aromatic carbocycles. The molecule has 0 unspecified atom stereocenters. The van der Waals surface area contributed by atoms with Crippen molar-refractivity contribution in [3.63, 3.8) is 0 Å². The van der Waals surface area contributed by atoms with Crippen molar-refractivity contribution in [1.29, 1.82) is 10.5 Å². The van der Waals surface area contributed by atoms with Crippen molar-refractivity contribution in [2.24, 2.45) is 0 Å². The van der Waals surface area contributed by atoms with E-state index in [1.807, 2.05) is 36.4 Å². The zero-order chi connectivity index (χ0) is 36.6. The van der Waals surface area contributed by atoms with Crippen LogP contribution in [0.3, 0.4) is 0 Å². The van der Waals surface area contributed by atoms with E-state index < -0.39 is 0 Å². The lowest BCUT2D eigenvalue weighted by Crippen LogP contribution is -2.02. The molecule has 3 aromatic heterocycles. The van der Waals surface area contributed by atoms with Gasteiger partial charge < -0.3 is 13.7 Å². The van der Waals surface area contributed by atoms with Crippen molar-refractivity contribution in [3.05, 3.63) is 187 Å². The van der Waals surface area contributed by atoms with Gasteiger partial charge in [0.05, 0.1) is 67.7 Å². The molecule has 254 valence electrons. The fourth-order valence-corrected chi connectivity index (χ4v) is 8.77. The second-order valence-electron chi connectivity index (χ2n) is 14.0. The number of fused-ring (bicyclic) bond motifs is 9. The maximum atomic E-state index is 10.3. The van der Waals surface area contributed by atoms with E-state index in [0.29, 0.717) is 11.1 Å². The van der Waals surface area contributed by atoms with Gasteiger partial charge in [-0.1, -0.05) is 103 Å². The molecule has 0 saturated carbocycles. The second-order valence-corrected chi connectivity index (χ2v) is 14.0. The molecule has 0 radical (unpaired) electrons. The third-order valence-electron chi connectivity index (χ3n) is 11.1. The van der Waals surface area contributed by atoms with Crippen LogP contribution in [0.5, 0.6) is 0 Å². The van der Waals surface area contributed by atoms with Crippen molar-refractivity contribution < 1.29 is 0 Å². The summed E-state index contributed by atoms with van der Waals surface area (Å²) >= 11 is 0. The second kappa shape index (κ2) is 11.8. The lowest BCUT2D eigenvalue weighted by atomic mass is 9.99. The molecule has 11 rings (SSSR count). The van der Waals surface area contributed by atoms with E-state index in [9.17, 15) is 10.5 Å². The van der Waals surface area contributed by atoms with Crippen LogP contribution in [-0.4, -0.2) is 13.7 Å². The van der Waals surface area contributed by atoms with Gasteiger partial charge in [0.15, 0.2) is 0 Å². The Balaban J connectivity index is 1.22. The minimum atomic E-state index is 0.585. The van der Waals surface area contributed by atoms with Crippen molar-refractivity contribution in [2.45, 2.75) is 0 Å². The zero-order valence-corrected chi connectivity index (χ0v) is 29.5. The summed E-state index contributed by atoms with van der Waals surface area (Å²) in [5.74, 6) is 0. The third kappa shape index (κ3) is 4.45. The van der Waals surface area contributed by atoms with Crippen LogP contribution in [0, 0.1) is 22.7 Å². The molecule has 0 saturated heterocycles. The van der Waals surface area contributed by atoms with Crippen LogP contribution < -0.4 is 0 Å². The highest BCUT2D eigenvalue weighted by atomic mass is 15.0. The van der Waals surface area contributed by atoms with Crippen LogP contribution in [0.4, 0.5) is 0 Å². The standard InChI is InChI=1S/C50H29N5/c51-30-32-22-26-48-42(27-32)39-15-5-10-20-47(39)54(48)45-18-8-3-13-37(45)40-24-21-33(31-52)28-49(40)55-46-19-9-4-14-38(46)41-25-23-34(29-50(41)55)53-43-16-6-1-11-35(43)36-12-2-7-17-44(36)53/h1-29H. The van der Waals surface area contributed by atoms with E-state index in [-0.39, 0.29) is 0 Å². The quantitative estimate of drug-likeness (QED) is 0.184. The Hall–Kier alpha value is -7.86. The number of nitriles is 2. The van der Waals surface area contributed by atoms with Crippen LogP contribution in [-0.2, 0) is 0 Å². The van der Waals surface area contributed by atoms with Gasteiger partial charge in [-0.3, -0.25) is 0 Å². The predicted octanol–water partition coefficient (Wildman–Crippen LogP) is 12.4. The molecular formula is C50H29N5. The Morgan fingerprint density at radius 1 is 0.309 bits per heavy atom. The molecule has 0 spiro atoms. The Labute approximate surface area is 316 Å². The van der Waals surface area contributed by atoms with E-state index >= 15 is 0 Å². The Bertz CT molecular complexity index is 3420. The Morgan fingerprint density at radius 3 is 1.40 bits per heavy atom. The van der Waals surface area contributed by atoms with Crippen molar-refractivity contribution >= 4 is 65.4 Å². The van der Waals surface area contributed by atoms with Crippen LogP contribution in [0.15, 0.2) is 176 Å². The first kappa shape index (κ1) is 30.7. The lowest BCUT2D eigenvalue weighted by Gasteiger charge is -2.19. The fraction of sp³-hybridized carbons (Fsp3) is 0. The summed E-state index contributed by atoms with van der Waals surface area (Å²) in [5.41, 5.74) is 12.7. The number of para-hydroxylation sites is 5. The SMILES string of the molecule is N#Cc1ccc(-c2ccccc2-n2c3ccccc3c3cc(C#N)ccc32)c(-n2c3ccccc3c3ccc(-n4c5ccccc5c5ccccc54)cc32)c1. The van der Waals surface area contributed by atoms with Crippen molar-refractivity contribution in [3.8, 4) is 40.3 Å². The normalized spacial score (nSPS) is 11.6. The van der Waals surface area contributed by atoms with E-state index in [1.54, 1.807) is 0 Å². The van der Waals surface area contributed by atoms with Crippen molar-refractivity contribution in [2.75, 3.05) is 0 Å². The number of aromatic nitrogens is 3. The van der Waals surface area contributed by atoms with Gasteiger partial charge in [0.2, 0.25) is 0 Å². The van der Waals surface area contributed by atoms with Gasteiger partial charge in [0.25, 0.3) is 0 Å². The third-order valence-corrected chi connectivity index (χ3v) is 11.1. The van der Waals surface area contributed by atoms with Crippen LogP contribution in [0.1, 0.15) is 11.1 Å². The molecule has 5 heteroatoms. The smallest absolute Gasteiger partial charge is 0.0992 e. The van der Waals surface area contributed by atoms with Gasteiger partial charge in [-0.25, -0.2) is 0 Å². The molecule has 3 heterocycles. The van der Waals surface area contributed by atoms with Gasteiger partial charge in [-0.05, 0) is 72.8 Å². The first-order chi connectivity index (χ1) is 27.2. The average Bonchev–Trinajstić information content (AvgIpc) is 3.88. The number of benzene rings is 8. The number of hydrogen-bond acceptors (Lipinski definition) is 2. The zero-order valence-electron chi connectivity index (χ0n) is 29.5. The van der Waals surface area contributed by atoms with E-state index in [2.05, 4.69) is 165 Å². The maximum absolute atomic E-state index is 10.3. The highest BCUT2D eigenvalue weighted by Crippen LogP contribution is 2.42. The molecule has 11 aromatic rings. The van der Waals surface area contributed by atoms with Crippen LogP contribution in [0.2, 0.25) is 0 Å². The van der Waals surface area contributed by atoms with Gasteiger partial charge in [-0.15, -0.1) is 0 Å². The minimum Gasteiger partial charge on any atom is -0.309 e. The molecule has 0 atom stereocenters. The van der Waals surface area contributed by atoms with E-state index in [4.69, 9.17) is 0 Å². The van der Waals surface area contributed by atoms with E-state index in [0.717, 1.165) is 82.8 Å². The molecule has 0 aliphatic heterocycles. The summed E-state index contributed by atoms with van der Waals surface area (Å²) in [7, 11) is 0. The molecule has 0 amide bonds. The molecule has 0 aliphatic rings.